The molecule has 1 amide bonds. The van der Waals surface area contributed by atoms with Crippen LogP contribution in [0.3, 0.4) is 0 Å². The maximum atomic E-state index is 13.1. The highest BCUT2D eigenvalue weighted by atomic mass is 16.5. The van der Waals surface area contributed by atoms with Gasteiger partial charge in [0.25, 0.3) is 0 Å². The summed E-state index contributed by atoms with van der Waals surface area (Å²) in [5, 5.41) is 3.35. The predicted octanol–water partition coefficient (Wildman–Crippen LogP) is 5.83. The van der Waals surface area contributed by atoms with Crippen LogP contribution < -0.4 is 15.0 Å². The molecule has 168 valence electrons. The SMILES string of the molecule is CCOc1cc(CC(=O)NC(CC(C)C)c2ccccc2N2CCCCC2)ccc1C. The summed E-state index contributed by atoms with van der Waals surface area (Å²) in [5.74, 6) is 1.41. The number of anilines is 1. The van der Waals surface area contributed by atoms with E-state index in [1.807, 2.05) is 32.0 Å². The summed E-state index contributed by atoms with van der Waals surface area (Å²) < 4.78 is 5.71. The number of carbonyl (C=O) groups excluding carboxylic acids is 1. The molecular formula is C27H38N2O2. The van der Waals surface area contributed by atoms with Gasteiger partial charge in [-0.2, -0.15) is 0 Å². The summed E-state index contributed by atoms with van der Waals surface area (Å²) in [7, 11) is 0. The Morgan fingerprint density at radius 1 is 1.10 bits per heavy atom. The topological polar surface area (TPSA) is 41.6 Å². The van der Waals surface area contributed by atoms with E-state index in [1.165, 1.54) is 30.5 Å². The Kier molecular flexibility index (Phi) is 8.39. The maximum absolute atomic E-state index is 13.1. The number of benzene rings is 2. The molecule has 0 radical (unpaired) electrons. The summed E-state index contributed by atoms with van der Waals surface area (Å²) in [4.78, 5) is 15.5. The first kappa shape index (κ1) is 23.2. The molecule has 0 spiro atoms. The highest BCUT2D eigenvalue weighted by molar-refractivity contribution is 5.79. The molecule has 1 aliphatic rings. The molecule has 1 atom stereocenters. The van der Waals surface area contributed by atoms with Gasteiger partial charge in [0.05, 0.1) is 19.1 Å². The fourth-order valence-electron chi connectivity index (χ4n) is 4.44. The standard InChI is InChI=1S/C27H38N2O2/c1-5-31-26-18-22(14-13-21(26)4)19-27(30)28-24(17-20(2)3)23-11-7-8-12-25(23)29-15-9-6-10-16-29/h7-8,11-14,18,20,24H,5-6,9-10,15-17,19H2,1-4H3,(H,28,30). The average molecular weight is 423 g/mol. The Balaban J connectivity index is 1.78. The molecule has 4 heteroatoms. The summed E-state index contributed by atoms with van der Waals surface area (Å²) in [5.41, 5.74) is 4.60. The quantitative estimate of drug-likeness (QED) is 0.553. The molecule has 1 N–H and O–H groups in total. The molecule has 0 bridgehead atoms. The van der Waals surface area contributed by atoms with Crippen molar-refractivity contribution in [3.8, 4) is 5.75 Å². The molecule has 4 nitrogen and oxygen atoms in total. The lowest BCUT2D eigenvalue weighted by Crippen LogP contribution is -2.34. The molecule has 1 fully saturated rings. The number of para-hydroxylation sites is 1. The van der Waals surface area contributed by atoms with Gasteiger partial charge in [-0.25, -0.2) is 0 Å². The third-order valence-corrected chi connectivity index (χ3v) is 5.97. The Hall–Kier alpha value is -2.49. The van der Waals surface area contributed by atoms with Crippen LogP contribution in [0.4, 0.5) is 5.69 Å². The minimum atomic E-state index is 0.0161. The monoisotopic (exact) mass is 422 g/mol. The second-order valence-corrected chi connectivity index (χ2v) is 9.07. The van der Waals surface area contributed by atoms with Gasteiger partial charge in [-0.05, 0) is 74.3 Å². The number of aryl methyl sites for hydroxylation is 1. The molecule has 2 aromatic rings. The van der Waals surface area contributed by atoms with Crippen molar-refractivity contribution < 1.29 is 9.53 Å². The molecule has 1 saturated heterocycles. The van der Waals surface area contributed by atoms with Gasteiger partial charge >= 0.3 is 0 Å². The number of hydrogen-bond acceptors (Lipinski definition) is 3. The fourth-order valence-corrected chi connectivity index (χ4v) is 4.44. The number of rotatable bonds is 9. The number of ether oxygens (including phenoxy) is 1. The zero-order chi connectivity index (χ0) is 22.2. The highest BCUT2D eigenvalue weighted by Crippen LogP contribution is 2.32. The summed E-state index contributed by atoms with van der Waals surface area (Å²) in [6.07, 6.45) is 5.08. The van der Waals surface area contributed by atoms with E-state index >= 15 is 0 Å². The lowest BCUT2D eigenvalue weighted by Gasteiger charge is -2.33. The molecule has 1 aliphatic heterocycles. The largest absolute Gasteiger partial charge is 0.494 e. The first-order valence-electron chi connectivity index (χ1n) is 11.8. The smallest absolute Gasteiger partial charge is 0.224 e. The van der Waals surface area contributed by atoms with Crippen LogP contribution in [0, 0.1) is 12.8 Å². The Morgan fingerprint density at radius 2 is 1.84 bits per heavy atom. The van der Waals surface area contributed by atoms with Gasteiger partial charge in [-0.15, -0.1) is 0 Å². The molecule has 0 aromatic heterocycles. The summed E-state index contributed by atoms with van der Waals surface area (Å²) in [6, 6.07) is 14.7. The van der Waals surface area contributed by atoms with Crippen molar-refractivity contribution >= 4 is 11.6 Å². The van der Waals surface area contributed by atoms with Gasteiger partial charge in [0.1, 0.15) is 5.75 Å². The van der Waals surface area contributed by atoms with Gasteiger partial charge in [-0.1, -0.05) is 44.2 Å². The summed E-state index contributed by atoms with van der Waals surface area (Å²) in [6.45, 7) is 11.3. The van der Waals surface area contributed by atoms with Gasteiger partial charge in [0.15, 0.2) is 0 Å². The molecule has 1 heterocycles. The molecule has 2 aromatic carbocycles. The van der Waals surface area contributed by atoms with Crippen LogP contribution in [0.1, 0.15) is 69.2 Å². The van der Waals surface area contributed by atoms with Crippen molar-refractivity contribution in [1.82, 2.24) is 5.32 Å². The number of piperidine rings is 1. The molecule has 3 rings (SSSR count). The minimum absolute atomic E-state index is 0.0161. The van der Waals surface area contributed by atoms with Crippen LogP contribution >= 0.6 is 0 Å². The normalized spacial score (nSPS) is 15.1. The third kappa shape index (κ3) is 6.49. The van der Waals surface area contributed by atoms with Crippen molar-refractivity contribution in [3.05, 3.63) is 59.2 Å². The van der Waals surface area contributed by atoms with Gasteiger partial charge in [-0.3, -0.25) is 4.79 Å². The first-order chi connectivity index (χ1) is 15.0. The van der Waals surface area contributed by atoms with Crippen molar-refractivity contribution in [3.63, 3.8) is 0 Å². The van der Waals surface area contributed by atoms with Gasteiger partial charge in [0.2, 0.25) is 5.91 Å². The zero-order valence-corrected chi connectivity index (χ0v) is 19.6. The molecule has 31 heavy (non-hydrogen) atoms. The average Bonchev–Trinajstić information content (AvgIpc) is 2.76. The zero-order valence-electron chi connectivity index (χ0n) is 19.6. The Morgan fingerprint density at radius 3 is 2.55 bits per heavy atom. The van der Waals surface area contributed by atoms with Crippen LogP contribution in [0.25, 0.3) is 0 Å². The van der Waals surface area contributed by atoms with Crippen LogP contribution in [-0.2, 0) is 11.2 Å². The number of amides is 1. The predicted molar refractivity (Wildman–Crippen MR) is 129 cm³/mol. The van der Waals surface area contributed by atoms with Crippen molar-refractivity contribution in [2.45, 2.75) is 65.8 Å². The lowest BCUT2D eigenvalue weighted by molar-refractivity contribution is -0.121. The van der Waals surface area contributed by atoms with Crippen LogP contribution in [0.5, 0.6) is 5.75 Å². The third-order valence-electron chi connectivity index (χ3n) is 5.97. The second kappa shape index (κ2) is 11.2. The number of nitrogens with one attached hydrogen (secondary N) is 1. The molecule has 1 unspecified atom stereocenters. The van der Waals surface area contributed by atoms with E-state index in [9.17, 15) is 4.79 Å². The van der Waals surface area contributed by atoms with Crippen molar-refractivity contribution in [1.29, 1.82) is 0 Å². The van der Waals surface area contributed by atoms with Crippen LogP contribution in [0.15, 0.2) is 42.5 Å². The highest BCUT2D eigenvalue weighted by Gasteiger charge is 2.22. The van der Waals surface area contributed by atoms with E-state index in [0.29, 0.717) is 18.9 Å². The fraction of sp³-hybridized carbons (Fsp3) is 0.519. The Labute approximate surface area is 188 Å². The van der Waals surface area contributed by atoms with E-state index in [4.69, 9.17) is 4.74 Å². The maximum Gasteiger partial charge on any atom is 0.224 e. The van der Waals surface area contributed by atoms with E-state index in [1.54, 1.807) is 0 Å². The first-order valence-corrected chi connectivity index (χ1v) is 11.8. The van der Waals surface area contributed by atoms with Crippen LogP contribution in [-0.4, -0.2) is 25.6 Å². The van der Waals surface area contributed by atoms with Crippen LogP contribution in [0.2, 0.25) is 0 Å². The van der Waals surface area contributed by atoms with Gasteiger partial charge in [0, 0.05) is 18.8 Å². The number of hydrogen-bond donors (Lipinski definition) is 1. The van der Waals surface area contributed by atoms with E-state index in [2.05, 4.69) is 48.3 Å². The number of nitrogens with zero attached hydrogens (tertiary/aromatic N) is 1. The second-order valence-electron chi connectivity index (χ2n) is 9.07. The van der Waals surface area contributed by atoms with E-state index in [-0.39, 0.29) is 11.9 Å². The van der Waals surface area contributed by atoms with E-state index < -0.39 is 0 Å². The summed E-state index contributed by atoms with van der Waals surface area (Å²) >= 11 is 0. The van der Waals surface area contributed by atoms with E-state index in [0.717, 1.165) is 36.4 Å². The van der Waals surface area contributed by atoms with Crippen molar-refractivity contribution in [2.24, 2.45) is 5.92 Å². The Bertz CT molecular complexity index is 856. The molecule has 0 aliphatic carbocycles. The lowest BCUT2D eigenvalue weighted by atomic mass is 9.94. The molecule has 0 saturated carbocycles. The molecular weight excluding hydrogens is 384 g/mol. The van der Waals surface area contributed by atoms with Gasteiger partial charge < -0.3 is 15.0 Å². The number of carbonyl (C=O) groups is 1. The minimum Gasteiger partial charge on any atom is -0.494 e. The van der Waals surface area contributed by atoms with Crippen molar-refractivity contribution in [2.75, 3.05) is 24.6 Å².